The van der Waals surface area contributed by atoms with Gasteiger partial charge in [0.2, 0.25) is 0 Å². The van der Waals surface area contributed by atoms with Crippen LogP contribution in [0.5, 0.6) is 11.5 Å². The Labute approximate surface area is 222 Å². The van der Waals surface area contributed by atoms with E-state index in [0.29, 0.717) is 30.1 Å². The van der Waals surface area contributed by atoms with E-state index in [-0.39, 0.29) is 18.1 Å². The van der Waals surface area contributed by atoms with Gasteiger partial charge >= 0.3 is 12.1 Å². The van der Waals surface area contributed by atoms with Gasteiger partial charge < -0.3 is 19.6 Å². The van der Waals surface area contributed by atoms with Crippen molar-refractivity contribution in [1.29, 1.82) is 0 Å². The number of hydroxylamine groups is 1. The van der Waals surface area contributed by atoms with Gasteiger partial charge in [0.15, 0.2) is 12.0 Å². The molecule has 7 nitrogen and oxygen atoms in total. The van der Waals surface area contributed by atoms with E-state index in [1.54, 1.807) is 18.2 Å². The molecule has 0 spiro atoms. The Kier molecular flexibility index (Phi) is 7.53. The molecule has 200 valence electrons. The largest absolute Gasteiger partial charge is 0.493 e. The van der Waals surface area contributed by atoms with Crippen LogP contribution in [-0.4, -0.2) is 23.7 Å². The second-order valence-electron chi connectivity index (χ2n) is 8.72. The number of carbonyl (C=O) groups is 1. The minimum atomic E-state index is -5.18. The van der Waals surface area contributed by atoms with Gasteiger partial charge in [0, 0.05) is 24.2 Å². The number of alkyl halides is 3. The van der Waals surface area contributed by atoms with Crippen LogP contribution in [0.4, 0.5) is 24.7 Å². The van der Waals surface area contributed by atoms with E-state index in [1.165, 1.54) is 18.3 Å². The third-order valence-electron chi connectivity index (χ3n) is 5.91. The Bertz CT molecular complexity index is 1420. The first-order chi connectivity index (χ1) is 18.9. The molecule has 0 saturated carbocycles. The Morgan fingerprint density at radius 3 is 2.23 bits per heavy atom. The summed E-state index contributed by atoms with van der Waals surface area (Å²) >= 11 is 0. The van der Waals surface area contributed by atoms with Crippen molar-refractivity contribution in [2.24, 2.45) is 0 Å². The van der Waals surface area contributed by atoms with Crippen LogP contribution in [-0.2, 0) is 22.7 Å². The summed E-state index contributed by atoms with van der Waals surface area (Å²) in [6.45, 7) is 0.624. The zero-order chi connectivity index (χ0) is 27.2. The SMILES string of the molecule is O=C(ON1c2cccnc2NC1c1cc(OCCc2ccccc2)cc(OCc2ccccc2)c1)C(F)(F)F. The number of anilines is 2. The molecule has 0 radical (unpaired) electrons. The molecule has 10 heteroatoms. The maximum absolute atomic E-state index is 13.1. The molecule has 1 unspecified atom stereocenters. The maximum atomic E-state index is 13.1. The van der Waals surface area contributed by atoms with E-state index >= 15 is 0 Å². The number of rotatable bonds is 9. The monoisotopic (exact) mass is 535 g/mol. The fourth-order valence-electron chi connectivity index (χ4n) is 4.07. The highest BCUT2D eigenvalue weighted by Crippen LogP contribution is 2.42. The van der Waals surface area contributed by atoms with Gasteiger partial charge in [-0.25, -0.2) is 9.78 Å². The molecule has 1 atom stereocenters. The van der Waals surface area contributed by atoms with Gasteiger partial charge in [0.25, 0.3) is 0 Å². The Morgan fingerprint density at radius 2 is 1.54 bits per heavy atom. The Balaban J connectivity index is 1.43. The quantitative estimate of drug-likeness (QED) is 0.272. The zero-order valence-electron chi connectivity index (χ0n) is 20.6. The summed E-state index contributed by atoms with van der Waals surface area (Å²) in [6, 6.07) is 27.4. The summed E-state index contributed by atoms with van der Waals surface area (Å²) in [5, 5.41) is 3.89. The smallest absolute Gasteiger partial charge is 0.493 e. The van der Waals surface area contributed by atoms with Gasteiger partial charge in [-0.2, -0.15) is 18.2 Å². The number of halogens is 3. The first-order valence-corrected chi connectivity index (χ1v) is 12.2. The molecule has 0 amide bonds. The fourth-order valence-corrected chi connectivity index (χ4v) is 4.07. The standard InChI is InChI=1S/C29H24F3N3O4/c30-29(31,32)28(36)39-35-25-12-7-14-33-26(25)34-27(35)22-16-23(37-15-13-20-8-3-1-4-9-20)18-24(17-22)38-19-21-10-5-2-6-11-21/h1-12,14,16-18,27H,13,15,19H2,(H,33,34). The number of benzene rings is 3. The minimum Gasteiger partial charge on any atom is -0.493 e. The topological polar surface area (TPSA) is 72.9 Å². The number of nitrogens with zero attached hydrogens (tertiary/aromatic N) is 2. The van der Waals surface area contributed by atoms with Crippen molar-refractivity contribution >= 4 is 17.5 Å². The molecule has 0 fully saturated rings. The van der Waals surface area contributed by atoms with Crippen molar-refractivity contribution < 1.29 is 32.3 Å². The number of aromatic nitrogens is 1. The molecule has 3 aromatic carbocycles. The van der Waals surface area contributed by atoms with Gasteiger partial charge in [-0.15, -0.1) is 0 Å². The van der Waals surface area contributed by atoms with Crippen molar-refractivity contribution in [3.63, 3.8) is 0 Å². The molecule has 39 heavy (non-hydrogen) atoms. The molecule has 1 aliphatic heterocycles. The summed E-state index contributed by atoms with van der Waals surface area (Å²) in [7, 11) is 0. The van der Waals surface area contributed by atoms with Gasteiger partial charge in [-0.1, -0.05) is 60.7 Å². The first kappa shape index (κ1) is 25.9. The molecular formula is C29H24F3N3O4. The molecule has 0 saturated heterocycles. The van der Waals surface area contributed by atoms with E-state index in [2.05, 4.69) is 10.3 Å². The maximum Gasteiger partial charge on any atom is 0.493 e. The van der Waals surface area contributed by atoms with Gasteiger partial charge in [-0.3, -0.25) is 0 Å². The first-order valence-electron chi connectivity index (χ1n) is 12.2. The Morgan fingerprint density at radius 1 is 0.872 bits per heavy atom. The predicted molar refractivity (Wildman–Crippen MR) is 138 cm³/mol. The van der Waals surface area contributed by atoms with E-state index in [9.17, 15) is 18.0 Å². The second kappa shape index (κ2) is 11.3. The molecule has 0 aliphatic carbocycles. The number of hydrogen-bond acceptors (Lipinski definition) is 7. The van der Waals surface area contributed by atoms with Crippen molar-refractivity contribution in [2.75, 3.05) is 17.0 Å². The van der Waals surface area contributed by atoms with Crippen LogP contribution in [0.3, 0.4) is 0 Å². The van der Waals surface area contributed by atoms with Crippen molar-refractivity contribution in [1.82, 2.24) is 4.98 Å². The highest BCUT2D eigenvalue weighted by Gasteiger charge is 2.45. The number of carbonyl (C=O) groups excluding carboxylic acids is 1. The lowest BCUT2D eigenvalue weighted by Gasteiger charge is -2.26. The number of fused-ring (bicyclic) bond motifs is 1. The average molecular weight is 536 g/mol. The van der Waals surface area contributed by atoms with Crippen LogP contribution in [0.15, 0.2) is 97.2 Å². The third kappa shape index (κ3) is 6.40. The lowest BCUT2D eigenvalue weighted by Crippen LogP contribution is -2.36. The Hall–Kier alpha value is -4.73. The van der Waals surface area contributed by atoms with Crippen LogP contribution in [0.25, 0.3) is 0 Å². The minimum absolute atomic E-state index is 0.183. The van der Waals surface area contributed by atoms with E-state index in [0.717, 1.165) is 16.2 Å². The van der Waals surface area contributed by atoms with Gasteiger partial charge in [-0.05, 0) is 35.4 Å². The van der Waals surface area contributed by atoms with Crippen molar-refractivity contribution in [3.05, 3.63) is 114 Å². The molecule has 5 rings (SSSR count). The number of ether oxygens (including phenoxy) is 2. The normalized spacial score (nSPS) is 14.3. The van der Waals surface area contributed by atoms with Gasteiger partial charge in [0.1, 0.15) is 23.8 Å². The second-order valence-corrected chi connectivity index (χ2v) is 8.72. The lowest BCUT2D eigenvalue weighted by molar-refractivity contribution is -0.201. The fraction of sp³-hybridized carbons (Fsp3) is 0.172. The molecular weight excluding hydrogens is 511 g/mol. The summed E-state index contributed by atoms with van der Waals surface area (Å²) < 4.78 is 51.3. The summed E-state index contributed by atoms with van der Waals surface area (Å²) in [5.41, 5.74) is 2.66. The van der Waals surface area contributed by atoms with Crippen molar-refractivity contribution in [3.8, 4) is 11.5 Å². The predicted octanol–water partition coefficient (Wildman–Crippen LogP) is 6.23. The summed E-state index contributed by atoms with van der Waals surface area (Å²) in [6.07, 6.45) is -4.06. The van der Waals surface area contributed by atoms with Crippen LogP contribution in [0.2, 0.25) is 0 Å². The van der Waals surface area contributed by atoms with Crippen molar-refractivity contribution in [2.45, 2.75) is 25.4 Å². The highest BCUT2D eigenvalue weighted by atomic mass is 19.4. The molecule has 1 aliphatic rings. The van der Waals surface area contributed by atoms with E-state index in [4.69, 9.17) is 14.3 Å². The third-order valence-corrected chi connectivity index (χ3v) is 5.91. The molecule has 1 aromatic heterocycles. The van der Waals surface area contributed by atoms with E-state index in [1.807, 2.05) is 60.7 Å². The van der Waals surface area contributed by atoms with Crippen LogP contribution < -0.4 is 19.9 Å². The van der Waals surface area contributed by atoms with Crippen LogP contribution >= 0.6 is 0 Å². The number of hydrogen-bond donors (Lipinski definition) is 1. The summed E-state index contributed by atoms with van der Waals surface area (Å²) in [4.78, 5) is 20.8. The molecule has 2 heterocycles. The zero-order valence-corrected chi connectivity index (χ0v) is 20.6. The van der Waals surface area contributed by atoms with Crippen LogP contribution in [0.1, 0.15) is 22.9 Å². The highest BCUT2D eigenvalue weighted by molar-refractivity contribution is 5.80. The number of pyridine rings is 1. The summed E-state index contributed by atoms with van der Waals surface area (Å²) in [5.74, 6) is -1.21. The molecule has 1 N–H and O–H groups in total. The lowest BCUT2D eigenvalue weighted by atomic mass is 10.1. The molecule has 0 bridgehead atoms. The van der Waals surface area contributed by atoms with Crippen LogP contribution in [0, 0.1) is 0 Å². The molecule has 4 aromatic rings. The number of nitrogens with one attached hydrogen (secondary N) is 1. The van der Waals surface area contributed by atoms with Gasteiger partial charge in [0.05, 0.1) is 6.61 Å². The van der Waals surface area contributed by atoms with E-state index < -0.39 is 18.3 Å². The average Bonchev–Trinajstić information content (AvgIpc) is 3.31.